The molecule has 0 spiro atoms. The van der Waals surface area contributed by atoms with Gasteiger partial charge in [0.15, 0.2) is 5.16 Å². The third kappa shape index (κ3) is 4.51. The number of thioether (sulfide) groups is 1. The highest BCUT2D eigenvalue weighted by atomic mass is 32.2. The lowest BCUT2D eigenvalue weighted by Crippen LogP contribution is -2.25. The first-order valence-corrected chi connectivity index (χ1v) is 9.90. The molecule has 0 saturated carbocycles. The first-order chi connectivity index (χ1) is 13.1. The summed E-state index contributed by atoms with van der Waals surface area (Å²) < 4.78 is 12.8. The van der Waals surface area contributed by atoms with Crippen LogP contribution >= 0.6 is 11.8 Å². The lowest BCUT2D eigenvalue weighted by Gasteiger charge is -2.14. The van der Waals surface area contributed by atoms with Gasteiger partial charge in [-0.2, -0.15) is 0 Å². The van der Waals surface area contributed by atoms with E-state index in [1.165, 1.54) is 11.8 Å². The number of para-hydroxylation sites is 2. The molecule has 0 aliphatic heterocycles. The number of ether oxygens (including phenoxy) is 2. The van der Waals surface area contributed by atoms with Crippen molar-refractivity contribution in [1.82, 2.24) is 9.55 Å². The maximum absolute atomic E-state index is 12.8. The second kappa shape index (κ2) is 9.06. The number of fused-ring (bicyclic) bond motifs is 1. The third-order valence-electron chi connectivity index (χ3n) is 4.32. The van der Waals surface area contributed by atoms with E-state index in [0.29, 0.717) is 41.6 Å². The Hall–Kier alpha value is -2.31. The lowest BCUT2D eigenvalue weighted by molar-refractivity contribution is 0.183. The van der Waals surface area contributed by atoms with E-state index in [4.69, 9.17) is 9.47 Å². The van der Waals surface area contributed by atoms with Gasteiger partial charge in [-0.15, -0.1) is 0 Å². The summed E-state index contributed by atoms with van der Waals surface area (Å²) in [6.07, 6.45) is 0. The number of benzene rings is 2. The van der Waals surface area contributed by atoms with Crippen LogP contribution in [0, 0.1) is 13.8 Å². The largest absolute Gasteiger partial charge is 0.492 e. The zero-order valence-electron chi connectivity index (χ0n) is 15.9. The van der Waals surface area contributed by atoms with Crippen molar-refractivity contribution in [2.24, 2.45) is 0 Å². The summed E-state index contributed by atoms with van der Waals surface area (Å²) in [5.74, 6) is 1.63. The number of aryl methyl sites for hydroxylation is 2. The molecule has 3 aromatic rings. The molecule has 6 heteroatoms. The van der Waals surface area contributed by atoms with E-state index in [1.54, 1.807) is 11.7 Å². The van der Waals surface area contributed by atoms with Crippen molar-refractivity contribution in [2.45, 2.75) is 25.5 Å². The van der Waals surface area contributed by atoms with E-state index >= 15 is 0 Å². The summed E-state index contributed by atoms with van der Waals surface area (Å²) in [5, 5.41) is 1.32. The molecule has 0 fully saturated rings. The summed E-state index contributed by atoms with van der Waals surface area (Å²) in [7, 11) is 1.63. The third-order valence-corrected chi connectivity index (χ3v) is 5.26. The summed E-state index contributed by atoms with van der Waals surface area (Å²) in [6, 6.07) is 13.6. The predicted molar refractivity (Wildman–Crippen MR) is 110 cm³/mol. The quantitative estimate of drug-likeness (QED) is 0.336. The standard InChI is InChI=1S/C21H24N2O3S/c1-15-7-6-8-16(2)19(15)26-13-14-27-21-22-18-10-5-4-9-17(18)20(24)23(21)11-12-25-3/h4-10H,11-14H2,1-3H3. The minimum absolute atomic E-state index is 0.0317. The van der Waals surface area contributed by atoms with Crippen LogP contribution in [0.25, 0.3) is 10.9 Å². The summed E-state index contributed by atoms with van der Waals surface area (Å²) >= 11 is 1.53. The molecule has 0 bridgehead atoms. The normalized spacial score (nSPS) is 11.1. The van der Waals surface area contributed by atoms with Crippen LogP contribution in [-0.4, -0.2) is 35.6 Å². The van der Waals surface area contributed by atoms with E-state index in [0.717, 1.165) is 16.9 Å². The highest BCUT2D eigenvalue weighted by Gasteiger charge is 2.11. The second-order valence-corrected chi connectivity index (χ2v) is 7.34. The van der Waals surface area contributed by atoms with Crippen LogP contribution in [0.4, 0.5) is 0 Å². The van der Waals surface area contributed by atoms with Gasteiger partial charge in [0.2, 0.25) is 0 Å². The molecular weight excluding hydrogens is 360 g/mol. The molecule has 3 rings (SSSR count). The van der Waals surface area contributed by atoms with Gasteiger partial charge in [0.25, 0.3) is 5.56 Å². The van der Waals surface area contributed by atoms with Gasteiger partial charge in [0.1, 0.15) is 5.75 Å². The Morgan fingerprint density at radius 1 is 1.04 bits per heavy atom. The predicted octanol–water partition coefficient (Wildman–Crippen LogP) is 3.83. The Morgan fingerprint density at radius 3 is 2.52 bits per heavy atom. The highest BCUT2D eigenvalue weighted by molar-refractivity contribution is 7.99. The average Bonchev–Trinajstić information content (AvgIpc) is 2.66. The van der Waals surface area contributed by atoms with Crippen molar-refractivity contribution >= 4 is 22.7 Å². The van der Waals surface area contributed by atoms with Gasteiger partial charge < -0.3 is 9.47 Å². The molecule has 0 unspecified atom stereocenters. The molecule has 0 N–H and O–H groups in total. The number of hydrogen-bond donors (Lipinski definition) is 0. The van der Waals surface area contributed by atoms with Crippen LogP contribution in [0.1, 0.15) is 11.1 Å². The van der Waals surface area contributed by atoms with Gasteiger partial charge in [0, 0.05) is 12.9 Å². The van der Waals surface area contributed by atoms with Crippen LogP contribution in [0.5, 0.6) is 5.75 Å². The fourth-order valence-corrected chi connectivity index (χ4v) is 3.78. The summed E-state index contributed by atoms with van der Waals surface area (Å²) in [6.45, 7) is 5.58. The van der Waals surface area contributed by atoms with Gasteiger partial charge in [-0.1, -0.05) is 42.1 Å². The maximum Gasteiger partial charge on any atom is 0.262 e. The topological polar surface area (TPSA) is 53.4 Å². The summed E-state index contributed by atoms with van der Waals surface area (Å²) in [4.78, 5) is 17.5. The number of aromatic nitrogens is 2. The Bertz CT molecular complexity index is 965. The van der Waals surface area contributed by atoms with E-state index in [-0.39, 0.29) is 5.56 Å². The number of nitrogens with zero attached hydrogens (tertiary/aromatic N) is 2. The first kappa shape index (κ1) is 19.5. The molecule has 5 nitrogen and oxygen atoms in total. The zero-order chi connectivity index (χ0) is 19.2. The Balaban J connectivity index is 1.76. The fourth-order valence-electron chi connectivity index (χ4n) is 2.94. The van der Waals surface area contributed by atoms with Crippen LogP contribution in [-0.2, 0) is 11.3 Å². The molecule has 0 aliphatic rings. The lowest BCUT2D eigenvalue weighted by atomic mass is 10.1. The Morgan fingerprint density at radius 2 is 1.78 bits per heavy atom. The monoisotopic (exact) mass is 384 g/mol. The van der Waals surface area contributed by atoms with Gasteiger partial charge in [-0.25, -0.2) is 4.98 Å². The Kier molecular flexibility index (Phi) is 6.53. The summed E-state index contributed by atoms with van der Waals surface area (Å²) in [5.41, 5.74) is 2.94. The highest BCUT2D eigenvalue weighted by Crippen LogP contribution is 2.23. The molecule has 142 valence electrons. The number of methoxy groups -OCH3 is 1. The molecule has 0 radical (unpaired) electrons. The number of hydrogen-bond acceptors (Lipinski definition) is 5. The Labute approximate surface area is 163 Å². The van der Waals surface area contributed by atoms with Crippen LogP contribution in [0.2, 0.25) is 0 Å². The van der Waals surface area contributed by atoms with Gasteiger partial charge in [-0.05, 0) is 37.1 Å². The van der Waals surface area contributed by atoms with Crippen molar-refractivity contribution in [3.05, 3.63) is 63.9 Å². The minimum atomic E-state index is -0.0317. The van der Waals surface area contributed by atoms with Gasteiger partial charge in [0.05, 0.1) is 30.7 Å². The molecule has 0 aliphatic carbocycles. The van der Waals surface area contributed by atoms with Crippen LogP contribution in [0.15, 0.2) is 52.4 Å². The second-order valence-electron chi connectivity index (χ2n) is 6.28. The molecule has 0 atom stereocenters. The van der Waals surface area contributed by atoms with Crippen molar-refractivity contribution in [3.8, 4) is 5.75 Å². The molecule has 2 aromatic carbocycles. The smallest absolute Gasteiger partial charge is 0.262 e. The molecule has 0 amide bonds. The average molecular weight is 385 g/mol. The molecular formula is C21H24N2O3S. The fraction of sp³-hybridized carbons (Fsp3) is 0.333. The van der Waals surface area contributed by atoms with Gasteiger partial charge >= 0.3 is 0 Å². The first-order valence-electron chi connectivity index (χ1n) is 8.92. The van der Waals surface area contributed by atoms with E-state index in [2.05, 4.69) is 4.98 Å². The zero-order valence-corrected chi connectivity index (χ0v) is 16.7. The SMILES string of the molecule is COCCn1c(SCCOc2c(C)cccc2C)nc2ccccc2c1=O. The van der Waals surface area contributed by atoms with E-state index in [1.807, 2.05) is 56.3 Å². The van der Waals surface area contributed by atoms with E-state index in [9.17, 15) is 4.79 Å². The molecule has 1 heterocycles. The molecule has 27 heavy (non-hydrogen) atoms. The van der Waals surface area contributed by atoms with Crippen molar-refractivity contribution in [3.63, 3.8) is 0 Å². The van der Waals surface area contributed by atoms with Crippen molar-refractivity contribution in [1.29, 1.82) is 0 Å². The van der Waals surface area contributed by atoms with Crippen molar-refractivity contribution in [2.75, 3.05) is 26.1 Å². The van der Waals surface area contributed by atoms with Gasteiger partial charge in [-0.3, -0.25) is 9.36 Å². The molecule has 1 aromatic heterocycles. The van der Waals surface area contributed by atoms with Crippen molar-refractivity contribution < 1.29 is 9.47 Å². The molecule has 0 saturated heterocycles. The van der Waals surface area contributed by atoms with E-state index < -0.39 is 0 Å². The van der Waals surface area contributed by atoms with Crippen LogP contribution < -0.4 is 10.3 Å². The minimum Gasteiger partial charge on any atom is -0.492 e. The number of rotatable bonds is 8. The maximum atomic E-state index is 12.8. The van der Waals surface area contributed by atoms with Crippen LogP contribution in [0.3, 0.4) is 0 Å².